The molecule has 1 fully saturated rings. The molecule has 366 valence electrons. The van der Waals surface area contributed by atoms with E-state index in [9.17, 15) is 48.8 Å². The highest BCUT2D eigenvalue weighted by Crippen LogP contribution is 2.49. The van der Waals surface area contributed by atoms with Crippen molar-refractivity contribution >= 4 is 33.4 Å². The highest BCUT2D eigenvalue weighted by molar-refractivity contribution is 7.47. The Balaban J connectivity index is 2.68. The number of ether oxygens (including phenoxy) is 2. The van der Waals surface area contributed by atoms with Gasteiger partial charge >= 0.3 is 27.6 Å². The SMILES string of the molecule is CCC/C=C\C/C=C\CCCCCCCC(=O)O[C@H](COC(=O)CCC/C=C\C/C=C\C/C=C\C=C\C(=O)CCCCC)COP(=O)(O)O[C@H]1C(O)C(O)C(O)[C@@H](OP(=O)(O)O)C1O. The molecule has 0 aromatic carbocycles. The van der Waals surface area contributed by atoms with Crippen LogP contribution < -0.4 is 0 Å². The second kappa shape index (κ2) is 35.3. The number of hydrogen-bond donors (Lipinski definition) is 7. The molecule has 0 saturated heterocycles. The summed E-state index contributed by atoms with van der Waals surface area (Å²) in [4.78, 5) is 65.9. The minimum Gasteiger partial charge on any atom is -0.462 e. The molecule has 19 heteroatoms. The fourth-order valence-corrected chi connectivity index (χ4v) is 7.73. The molecule has 64 heavy (non-hydrogen) atoms. The lowest BCUT2D eigenvalue weighted by atomic mass is 9.85. The number of hydrogen-bond acceptors (Lipinski definition) is 14. The first kappa shape index (κ1) is 59.1. The average Bonchev–Trinajstić information content (AvgIpc) is 3.24. The van der Waals surface area contributed by atoms with Crippen LogP contribution in [-0.4, -0.2) is 109 Å². The molecule has 0 amide bonds. The van der Waals surface area contributed by atoms with Crippen LogP contribution >= 0.6 is 15.6 Å². The zero-order valence-corrected chi connectivity index (χ0v) is 39.2. The molecule has 1 aliphatic rings. The Labute approximate surface area is 378 Å². The number of esters is 2. The summed E-state index contributed by atoms with van der Waals surface area (Å²) in [5, 5.41) is 41.2. The van der Waals surface area contributed by atoms with Gasteiger partial charge in [0.1, 0.15) is 43.2 Å². The maximum atomic E-state index is 13.0. The van der Waals surface area contributed by atoms with Crippen LogP contribution in [0.1, 0.15) is 136 Å². The summed E-state index contributed by atoms with van der Waals surface area (Å²) >= 11 is 0. The third-order valence-corrected chi connectivity index (χ3v) is 11.2. The van der Waals surface area contributed by atoms with E-state index in [0.717, 1.165) is 70.6 Å². The van der Waals surface area contributed by atoms with E-state index in [4.69, 9.17) is 28.3 Å². The lowest BCUT2D eigenvalue weighted by Crippen LogP contribution is -2.64. The number of allylic oxidation sites excluding steroid dienone is 12. The minimum absolute atomic E-state index is 0.000346. The monoisotopic (exact) mass is 948 g/mol. The number of aliphatic hydroxyl groups excluding tert-OH is 4. The summed E-state index contributed by atoms with van der Waals surface area (Å²) in [6.07, 6.45) is 22.9. The van der Waals surface area contributed by atoms with Crippen molar-refractivity contribution in [3.05, 3.63) is 72.9 Å². The normalized spacial score (nSPS) is 22.4. The lowest BCUT2D eigenvalue weighted by Gasteiger charge is -2.43. The van der Waals surface area contributed by atoms with Gasteiger partial charge in [0.15, 0.2) is 11.9 Å². The fourth-order valence-electron chi connectivity index (χ4n) is 6.19. The van der Waals surface area contributed by atoms with Gasteiger partial charge < -0.3 is 44.6 Å². The second-order valence-corrected chi connectivity index (χ2v) is 18.0. The van der Waals surface area contributed by atoms with Crippen molar-refractivity contribution in [2.45, 2.75) is 179 Å². The fraction of sp³-hybridized carbons (Fsp3) is 0.667. The molecule has 0 aliphatic heterocycles. The Bertz CT molecular complexity index is 1590. The van der Waals surface area contributed by atoms with Gasteiger partial charge in [0.2, 0.25) is 0 Å². The molecule has 0 spiro atoms. The number of carbonyl (C=O) groups is 3. The van der Waals surface area contributed by atoms with Gasteiger partial charge in [0.25, 0.3) is 0 Å². The third kappa shape index (κ3) is 29.6. The molecule has 0 aromatic heterocycles. The number of ketones is 1. The molecule has 7 N–H and O–H groups in total. The van der Waals surface area contributed by atoms with Crippen LogP contribution in [0, 0.1) is 0 Å². The van der Waals surface area contributed by atoms with Crippen LogP contribution in [0.5, 0.6) is 0 Å². The number of phosphoric ester groups is 2. The Morgan fingerprint density at radius 1 is 0.547 bits per heavy atom. The van der Waals surface area contributed by atoms with Crippen molar-refractivity contribution < 1.29 is 81.7 Å². The largest absolute Gasteiger partial charge is 0.472 e. The quantitative estimate of drug-likeness (QED) is 0.00814. The number of unbranched alkanes of at least 4 members (excludes halogenated alkanes) is 9. The minimum atomic E-state index is -5.38. The van der Waals surface area contributed by atoms with Gasteiger partial charge in [-0.15, -0.1) is 0 Å². The third-order valence-electron chi connectivity index (χ3n) is 9.71. The van der Waals surface area contributed by atoms with Crippen molar-refractivity contribution in [1.82, 2.24) is 0 Å². The maximum Gasteiger partial charge on any atom is 0.472 e. The highest BCUT2D eigenvalue weighted by atomic mass is 31.2. The average molecular weight is 949 g/mol. The zero-order chi connectivity index (χ0) is 47.6. The molecule has 0 aromatic rings. The molecule has 0 heterocycles. The summed E-state index contributed by atoms with van der Waals surface area (Å²) in [7, 11) is -10.7. The standard InChI is InChI=1S/C45H74O17P2/c1-3-5-7-8-9-10-11-12-15-19-22-25-29-33-39(48)60-37(35-59-64(56,57)62-45-42(51)40(49)41(50)44(43(45)52)61-63(53,54)55)34-58-38(47)32-28-24-21-18-16-13-14-17-20-23-27-31-36(46)30-26-6-4-2/h7-8,10-11,13-14,18,20-21,23,27,31,37,40-45,49-52H,3-6,9,12,15-17,19,22,24-26,28-30,32-35H2,1-2H3,(H,56,57)(H2,53,54,55)/b8-7-,11-10-,14-13-,21-18-,23-20-,31-27+/t37-,40?,41?,42?,43?,44-,45+/m1/s1. The summed E-state index contributed by atoms with van der Waals surface area (Å²) in [5.41, 5.74) is 0. The van der Waals surface area contributed by atoms with Crippen molar-refractivity contribution in [3.8, 4) is 0 Å². The lowest BCUT2D eigenvalue weighted by molar-refractivity contribution is -0.216. The van der Waals surface area contributed by atoms with E-state index in [1.54, 1.807) is 12.2 Å². The van der Waals surface area contributed by atoms with E-state index in [1.807, 2.05) is 36.5 Å². The topological polar surface area (TPSA) is 273 Å². The molecule has 1 rings (SSSR count). The predicted molar refractivity (Wildman–Crippen MR) is 241 cm³/mol. The molecule has 8 atom stereocenters. The first-order valence-electron chi connectivity index (χ1n) is 22.4. The van der Waals surface area contributed by atoms with Crippen LogP contribution in [0.15, 0.2) is 72.9 Å². The van der Waals surface area contributed by atoms with Crippen LogP contribution in [0.3, 0.4) is 0 Å². The van der Waals surface area contributed by atoms with Crippen molar-refractivity contribution in [2.24, 2.45) is 0 Å². The van der Waals surface area contributed by atoms with Gasteiger partial charge in [-0.1, -0.05) is 119 Å². The van der Waals surface area contributed by atoms with Crippen LogP contribution in [0.25, 0.3) is 0 Å². The Morgan fingerprint density at radius 3 is 1.73 bits per heavy atom. The summed E-state index contributed by atoms with van der Waals surface area (Å²) < 4.78 is 49.2. The van der Waals surface area contributed by atoms with Gasteiger partial charge in [-0.05, 0) is 70.3 Å². The van der Waals surface area contributed by atoms with E-state index in [2.05, 4.69) is 42.7 Å². The number of carbonyl (C=O) groups excluding carboxylic acids is 3. The second-order valence-electron chi connectivity index (χ2n) is 15.4. The molecular weight excluding hydrogens is 874 g/mol. The van der Waals surface area contributed by atoms with Crippen molar-refractivity contribution in [1.29, 1.82) is 0 Å². The van der Waals surface area contributed by atoms with Crippen molar-refractivity contribution in [3.63, 3.8) is 0 Å². The molecule has 5 unspecified atom stereocenters. The van der Waals surface area contributed by atoms with Gasteiger partial charge in [-0.25, -0.2) is 9.13 Å². The zero-order valence-electron chi connectivity index (χ0n) is 37.4. The molecule has 1 aliphatic carbocycles. The van der Waals surface area contributed by atoms with Gasteiger partial charge in [-0.2, -0.15) is 0 Å². The number of aliphatic hydroxyl groups is 4. The number of rotatable bonds is 36. The van der Waals surface area contributed by atoms with Gasteiger partial charge in [0, 0.05) is 19.3 Å². The highest BCUT2D eigenvalue weighted by Gasteiger charge is 2.54. The Hall–Kier alpha value is -2.89. The van der Waals surface area contributed by atoms with E-state index in [-0.39, 0.29) is 18.6 Å². The van der Waals surface area contributed by atoms with Gasteiger partial charge in [-0.3, -0.25) is 28.0 Å². The van der Waals surface area contributed by atoms with E-state index >= 15 is 0 Å². The molecular formula is C45H74O17P2. The van der Waals surface area contributed by atoms with Crippen LogP contribution in [0.2, 0.25) is 0 Å². The predicted octanol–water partition coefficient (Wildman–Crippen LogP) is 7.24. The van der Waals surface area contributed by atoms with Crippen LogP contribution in [-0.2, 0) is 46.6 Å². The number of phosphoric acid groups is 2. The van der Waals surface area contributed by atoms with E-state index < -0.39 is 83.5 Å². The molecule has 0 bridgehead atoms. The summed E-state index contributed by atoms with van der Waals surface area (Å²) in [6.45, 7) is 2.79. The maximum absolute atomic E-state index is 13.0. The molecule has 0 radical (unpaired) electrons. The van der Waals surface area contributed by atoms with Crippen LogP contribution in [0.4, 0.5) is 0 Å². The first-order chi connectivity index (χ1) is 30.5. The Morgan fingerprint density at radius 2 is 1.09 bits per heavy atom. The molecule has 17 nitrogen and oxygen atoms in total. The summed E-state index contributed by atoms with van der Waals surface area (Å²) in [5.74, 6) is -1.20. The van der Waals surface area contributed by atoms with Gasteiger partial charge in [0.05, 0.1) is 6.61 Å². The summed E-state index contributed by atoms with van der Waals surface area (Å²) in [6, 6.07) is 0. The van der Waals surface area contributed by atoms with Crippen molar-refractivity contribution in [2.75, 3.05) is 13.2 Å². The smallest absolute Gasteiger partial charge is 0.462 e. The first-order valence-corrected chi connectivity index (χ1v) is 25.5. The molecule has 1 saturated carbocycles. The Kier molecular flexibility index (Phi) is 32.6. The van der Waals surface area contributed by atoms with E-state index in [0.29, 0.717) is 38.5 Å². The van der Waals surface area contributed by atoms with E-state index in [1.165, 1.54) is 0 Å².